The molecule has 0 aromatic heterocycles. The van der Waals surface area contributed by atoms with Crippen molar-refractivity contribution in [3.05, 3.63) is 0 Å². The van der Waals surface area contributed by atoms with Crippen LogP contribution in [-0.4, -0.2) is 21.9 Å². The van der Waals surface area contributed by atoms with Crippen molar-refractivity contribution in [1.29, 1.82) is 0 Å². The summed E-state index contributed by atoms with van der Waals surface area (Å²) in [6, 6.07) is 0.500. The molecule has 3 atom stereocenters. The Labute approximate surface area is 119 Å². The Morgan fingerprint density at radius 2 is 2.00 bits per heavy atom. The molecule has 4 fully saturated rings. The Morgan fingerprint density at radius 1 is 1.16 bits per heavy atom. The number of hydrogen-bond acceptors (Lipinski definition) is 3. The van der Waals surface area contributed by atoms with Crippen LogP contribution >= 0.6 is 11.8 Å². The minimum atomic E-state index is -0.158. The van der Waals surface area contributed by atoms with Crippen LogP contribution in [-0.2, 0) is 4.79 Å². The molecule has 1 amide bonds. The SMILES string of the molecule is O=C1NC(=N[C@H]2C[C@@H]3CC[C@H]2C3)SC12CCCCC2. The van der Waals surface area contributed by atoms with E-state index in [1.807, 2.05) is 0 Å². The van der Waals surface area contributed by atoms with Crippen LogP contribution in [0.15, 0.2) is 4.99 Å². The third-order valence-electron chi connectivity index (χ3n) is 5.57. The molecule has 19 heavy (non-hydrogen) atoms. The second kappa shape index (κ2) is 4.51. The quantitative estimate of drug-likeness (QED) is 0.801. The van der Waals surface area contributed by atoms with Crippen molar-refractivity contribution < 1.29 is 4.79 Å². The van der Waals surface area contributed by atoms with Gasteiger partial charge in [-0.2, -0.15) is 0 Å². The third-order valence-corrected chi connectivity index (χ3v) is 6.96. The van der Waals surface area contributed by atoms with Gasteiger partial charge in [-0.1, -0.05) is 37.4 Å². The highest BCUT2D eigenvalue weighted by atomic mass is 32.2. The molecule has 3 aliphatic carbocycles. The Bertz CT molecular complexity index is 428. The number of thioether (sulfide) groups is 1. The van der Waals surface area contributed by atoms with Gasteiger partial charge in [0.15, 0.2) is 5.17 Å². The zero-order chi connectivity index (χ0) is 12.9. The fourth-order valence-electron chi connectivity index (χ4n) is 4.50. The first-order valence-corrected chi connectivity index (χ1v) is 8.65. The summed E-state index contributed by atoms with van der Waals surface area (Å²) in [6.45, 7) is 0. The lowest BCUT2D eigenvalue weighted by Gasteiger charge is -2.28. The van der Waals surface area contributed by atoms with E-state index in [4.69, 9.17) is 4.99 Å². The summed E-state index contributed by atoms with van der Waals surface area (Å²) < 4.78 is -0.158. The van der Waals surface area contributed by atoms with Crippen LogP contribution in [0.25, 0.3) is 0 Å². The van der Waals surface area contributed by atoms with Crippen LogP contribution in [0.1, 0.15) is 57.8 Å². The van der Waals surface area contributed by atoms with Gasteiger partial charge < -0.3 is 5.32 Å². The number of carbonyl (C=O) groups excluding carboxylic acids is 1. The van der Waals surface area contributed by atoms with Crippen LogP contribution in [0.5, 0.6) is 0 Å². The molecule has 3 nitrogen and oxygen atoms in total. The maximum Gasteiger partial charge on any atom is 0.242 e. The normalized spacial score (nSPS) is 42.2. The molecule has 4 rings (SSSR count). The monoisotopic (exact) mass is 278 g/mol. The molecule has 1 aliphatic heterocycles. The van der Waals surface area contributed by atoms with Gasteiger partial charge in [-0.05, 0) is 43.9 Å². The number of rotatable bonds is 1. The lowest BCUT2D eigenvalue weighted by atomic mass is 9.88. The summed E-state index contributed by atoms with van der Waals surface area (Å²) in [5.41, 5.74) is 0. The molecule has 104 valence electrons. The molecular formula is C15H22N2OS. The van der Waals surface area contributed by atoms with Crippen LogP contribution < -0.4 is 5.32 Å². The van der Waals surface area contributed by atoms with Gasteiger partial charge in [0.25, 0.3) is 0 Å². The number of hydrogen-bond donors (Lipinski definition) is 1. The second-order valence-corrected chi connectivity index (χ2v) is 8.16. The smallest absolute Gasteiger partial charge is 0.242 e. The summed E-state index contributed by atoms with van der Waals surface area (Å²) >= 11 is 1.75. The Balaban J connectivity index is 1.50. The molecule has 2 bridgehead atoms. The van der Waals surface area contributed by atoms with E-state index in [2.05, 4.69) is 5.32 Å². The Morgan fingerprint density at radius 3 is 2.68 bits per heavy atom. The molecule has 1 spiro atoms. The first kappa shape index (κ1) is 12.2. The first-order chi connectivity index (χ1) is 9.25. The molecule has 0 radical (unpaired) electrons. The summed E-state index contributed by atoms with van der Waals surface area (Å²) in [7, 11) is 0. The highest BCUT2D eigenvalue weighted by molar-refractivity contribution is 8.16. The summed E-state index contributed by atoms with van der Waals surface area (Å²) in [5, 5.41) is 4.01. The third kappa shape index (κ3) is 2.03. The summed E-state index contributed by atoms with van der Waals surface area (Å²) in [4.78, 5) is 17.2. The van der Waals surface area contributed by atoms with Crippen molar-refractivity contribution in [2.75, 3.05) is 0 Å². The zero-order valence-corrected chi connectivity index (χ0v) is 12.2. The molecule has 0 unspecified atom stereocenters. The second-order valence-electron chi connectivity index (χ2n) is 6.79. The maximum atomic E-state index is 12.3. The molecule has 1 saturated heterocycles. The molecule has 4 heteroatoms. The van der Waals surface area contributed by atoms with Crippen LogP contribution in [0.4, 0.5) is 0 Å². The number of carbonyl (C=O) groups is 1. The van der Waals surface area contributed by atoms with Gasteiger partial charge in [-0.3, -0.25) is 9.79 Å². The van der Waals surface area contributed by atoms with E-state index in [0.717, 1.165) is 29.8 Å². The molecule has 1 heterocycles. The van der Waals surface area contributed by atoms with Crippen molar-refractivity contribution in [1.82, 2.24) is 5.32 Å². The summed E-state index contributed by atoms with van der Waals surface area (Å²) in [6.07, 6.45) is 11.2. The average molecular weight is 278 g/mol. The van der Waals surface area contributed by atoms with Gasteiger partial charge in [0, 0.05) is 0 Å². The van der Waals surface area contributed by atoms with Gasteiger partial charge in [0.05, 0.1) is 6.04 Å². The van der Waals surface area contributed by atoms with Crippen molar-refractivity contribution in [3.63, 3.8) is 0 Å². The number of nitrogens with one attached hydrogen (secondary N) is 1. The van der Waals surface area contributed by atoms with E-state index in [1.54, 1.807) is 11.8 Å². The Hall–Kier alpha value is -0.510. The lowest BCUT2D eigenvalue weighted by molar-refractivity contribution is -0.122. The average Bonchev–Trinajstić information content (AvgIpc) is 3.08. The minimum absolute atomic E-state index is 0.158. The number of amidine groups is 1. The molecule has 0 aromatic carbocycles. The zero-order valence-electron chi connectivity index (χ0n) is 11.4. The standard InChI is InChI=1S/C15H22N2OS/c18-13-15(6-2-1-3-7-15)19-14(17-13)16-12-9-10-4-5-11(12)8-10/h10-12H,1-9H2,(H,16,17,18)/t10-,11+,12+/m1/s1. The van der Waals surface area contributed by atoms with E-state index >= 15 is 0 Å². The van der Waals surface area contributed by atoms with E-state index in [0.29, 0.717) is 6.04 Å². The van der Waals surface area contributed by atoms with Gasteiger partial charge in [-0.15, -0.1) is 0 Å². The van der Waals surface area contributed by atoms with Crippen LogP contribution in [0.2, 0.25) is 0 Å². The summed E-state index contributed by atoms with van der Waals surface area (Å²) in [5.74, 6) is 1.96. The van der Waals surface area contributed by atoms with Crippen molar-refractivity contribution in [2.24, 2.45) is 16.8 Å². The maximum absolute atomic E-state index is 12.3. The van der Waals surface area contributed by atoms with E-state index < -0.39 is 0 Å². The van der Waals surface area contributed by atoms with Gasteiger partial charge >= 0.3 is 0 Å². The molecule has 1 N–H and O–H groups in total. The lowest BCUT2D eigenvalue weighted by Crippen LogP contribution is -2.38. The van der Waals surface area contributed by atoms with Crippen molar-refractivity contribution >= 4 is 22.8 Å². The van der Waals surface area contributed by atoms with Crippen molar-refractivity contribution in [2.45, 2.75) is 68.6 Å². The Kier molecular flexibility index (Phi) is 2.90. The van der Waals surface area contributed by atoms with Gasteiger partial charge in [0.1, 0.15) is 4.75 Å². The van der Waals surface area contributed by atoms with Gasteiger partial charge in [0.2, 0.25) is 5.91 Å². The van der Waals surface area contributed by atoms with E-state index in [9.17, 15) is 4.79 Å². The number of fused-ring (bicyclic) bond motifs is 2. The van der Waals surface area contributed by atoms with E-state index in [1.165, 1.54) is 44.9 Å². The predicted octanol–water partition coefficient (Wildman–Crippen LogP) is 3.10. The number of nitrogens with zero attached hydrogens (tertiary/aromatic N) is 1. The molecule has 3 saturated carbocycles. The fraction of sp³-hybridized carbons (Fsp3) is 0.867. The van der Waals surface area contributed by atoms with Crippen LogP contribution in [0.3, 0.4) is 0 Å². The highest BCUT2D eigenvalue weighted by Crippen LogP contribution is 2.48. The first-order valence-electron chi connectivity index (χ1n) is 7.83. The fourth-order valence-corrected chi connectivity index (χ4v) is 5.84. The molecular weight excluding hydrogens is 256 g/mol. The van der Waals surface area contributed by atoms with Crippen LogP contribution in [0, 0.1) is 11.8 Å². The highest BCUT2D eigenvalue weighted by Gasteiger charge is 2.48. The number of aliphatic imine (C=N–C) groups is 1. The van der Waals surface area contributed by atoms with Crippen molar-refractivity contribution in [3.8, 4) is 0 Å². The van der Waals surface area contributed by atoms with Gasteiger partial charge in [-0.25, -0.2) is 0 Å². The molecule has 0 aromatic rings. The predicted molar refractivity (Wildman–Crippen MR) is 78.2 cm³/mol. The topological polar surface area (TPSA) is 41.5 Å². The molecule has 4 aliphatic rings. The number of amides is 1. The minimum Gasteiger partial charge on any atom is -0.304 e. The van der Waals surface area contributed by atoms with E-state index in [-0.39, 0.29) is 10.7 Å². The largest absolute Gasteiger partial charge is 0.304 e.